The fraction of sp³-hybridized carbons (Fsp3) is 0.238. The predicted octanol–water partition coefficient (Wildman–Crippen LogP) is 1.11. The van der Waals surface area contributed by atoms with E-state index < -0.39 is 0 Å². The molecule has 1 fully saturated rings. The van der Waals surface area contributed by atoms with Crippen LogP contribution in [0.15, 0.2) is 53.8 Å². The normalized spacial score (nSPS) is 14.5. The van der Waals surface area contributed by atoms with Gasteiger partial charge in [0, 0.05) is 33.2 Å². The van der Waals surface area contributed by atoms with E-state index in [2.05, 4.69) is 34.9 Å². The van der Waals surface area contributed by atoms with Gasteiger partial charge < -0.3 is 9.80 Å². The molecule has 5 heterocycles. The molecule has 1 aromatic carbocycles. The second-order valence-electron chi connectivity index (χ2n) is 7.70. The Morgan fingerprint density at radius 2 is 1.62 bits per heavy atom. The zero-order chi connectivity index (χ0) is 21.7. The Labute approximate surface area is 182 Å². The van der Waals surface area contributed by atoms with E-state index in [1.165, 1.54) is 0 Å². The summed E-state index contributed by atoms with van der Waals surface area (Å²) in [6.07, 6.45) is 4.93. The van der Waals surface area contributed by atoms with Crippen LogP contribution in [0.1, 0.15) is 0 Å². The van der Waals surface area contributed by atoms with Crippen molar-refractivity contribution in [2.24, 2.45) is 7.05 Å². The number of nitrogens with zero attached hydrogens (tertiary/aromatic N) is 9. The van der Waals surface area contributed by atoms with Crippen LogP contribution in [-0.4, -0.2) is 65.7 Å². The minimum absolute atomic E-state index is 0.192. The third-order valence-electron chi connectivity index (χ3n) is 5.81. The maximum absolute atomic E-state index is 12.7. The van der Waals surface area contributed by atoms with E-state index >= 15 is 0 Å². The summed E-state index contributed by atoms with van der Waals surface area (Å²) in [7, 11) is 1.87. The van der Waals surface area contributed by atoms with Gasteiger partial charge in [0.1, 0.15) is 17.5 Å². The van der Waals surface area contributed by atoms with Gasteiger partial charge in [-0.25, -0.2) is 14.6 Å². The lowest BCUT2D eigenvalue weighted by Crippen LogP contribution is -2.47. The highest BCUT2D eigenvalue weighted by atomic mass is 16.1. The summed E-state index contributed by atoms with van der Waals surface area (Å²) < 4.78 is 3.45. The lowest BCUT2D eigenvalue weighted by molar-refractivity contribution is 0.635. The largest absolute Gasteiger partial charge is 0.352 e. The van der Waals surface area contributed by atoms with Crippen molar-refractivity contribution in [1.29, 1.82) is 0 Å². The number of H-pyrrole nitrogens is 1. The summed E-state index contributed by atoms with van der Waals surface area (Å²) in [5.41, 5.74) is 2.02. The van der Waals surface area contributed by atoms with Crippen molar-refractivity contribution in [3.8, 4) is 5.69 Å². The number of rotatable bonds is 3. The second kappa shape index (κ2) is 7.15. The summed E-state index contributed by atoms with van der Waals surface area (Å²) in [6.45, 7) is 2.86. The Hall–Kier alpha value is -4.28. The molecule has 0 spiro atoms. The fourth-order valence-corrected chi connectivity index (χ4v) is 4.15. The van der Waals surface area contributed by atoms with E-state index in [9.17, 15) is 4.79 Å². The molecule has 0 unspecified atom stereocenters. The molecule has 1 N–H and O–H groups in total. The Morgan fingerprint density at radius 1 is 0.875 bits per heavy atom. The lowest BCUT2D eigenvalue weighted by atomic mass is 10.3. The van der Waals surface area contributed by atoms with Crippen LogP contribution in [0.4, 0.5) is 11.8 Å². The molecular formula is C21H20N10O. The van der Waals surface area contributed by atoms with Gasteiger partial charge in [-0.2, -0.15) is 15.2 Å². The number of aromatic nitrogens is 8. The van der Waals surface area contributed by atoms with Gasteiger partial charge >= 0.3 is 0 Å². The summed E-state index contributed by atoms with van der Waals surface area (Å²) in [5, 5.41) is 10.1. The molecule has 0 atom stereocenters. The number of piperazine rings is 1. The Balaban J connectivity index is 1.30. The van der Waals surface area contributed by atoms with Gasteiger partial charge in [0.2, 0.25) is 5.95 Å². The highest BCUT2D eigenvalue weighted by molar-refractivity contribution is 5.86. The number of anilines is 2. The van der Waals surface area contributed by atoms with Crippen molar-refractivity contribution >= 4 is 33.8 Å². The maximum atomic E-state index is 12.7. The van der Waals surface area contributed by atoms with Crippen LogP contribution >= 0.6 is 0 Å². The van der Waals surface area contributed by atoms with Crippen molar-refractivity contribution in [2.45, 2.75) is 0 Å². The molecule has 160 valence electrons. The van der Waals surface area contributed by atoms with E-state index in [0.717, 1.165) is 35.6 Å². The third kappa shape index (κ3) is 2.89. The van der Waals surface area contributed by atoms with Gasteiger partial charge in [-0.3, -0.25) is 14.5 Å². The number of aromatic amines is 1. The van der Waals surface area contributed by atoms with Crippen molar-refractivity contribution < 1.29 is 0 Å². The predicted molar refractivity (Wildman–Crippen MR) is 120 cm³/mol. The first kappa shape index (κ1) is 18.5. The average Bonchev–Trinajstić information content (AvgIpc) is 3.44. The molecule has 0 aliphatic carbocycles. The molecule has 11 nitrogen and oxygen atoms in total. The third-order valence-corrected chi connectivity index (χ3v) is 5.81. The van der Waals surface area contributed by atoms with Crippen LogP contribution in [0.2, 0.25) is 0 Å². The molecule has 1 aliphatic rings. The van der Waals surface area contributed by atoms with E-state index in [1.54, 1.807) is 28.1 Å². The first-order valence-electron chi connectivity index (χ1n) is 10.3. The van der Waals surface area contributed by atoms with Crippen LogP contribution in [0.3, 0.4) is 0 Å². The Bertz CT molecular complexity index is 1480. The number of fused-ring (bicyclic) bond motifs is 2. The fourth-order valence-electron chi connectivity index (χ4n) is 4.15. The number of hydrogen-bond donors (Lipinski definition) is 1. The quantitative estimate of drug-likeness (QED) is 0.455. The molecule has 6 rings (SSSR count). The summed E-state index contributed by atoms with van der Waals surface area (Å²) in [5.74, 6) is 1.43. The minimum atomic E-state index is -0.192. The highest BCUT2D eigenvalue weighted by Crippen LogP contribution is 2.24. The monoisotopic (exact) mass is 428 g/mol. The molecule has 11 heteroatoms. The summed E-state index contributed by atoms with van der Waals surface area (Å²) in [4.78, 5) is 33.5. The molecule has 4 aromatic heterocycles. The maximum Gasteiger partial charge on any atom is 0.263 e. The second-order valence-corrected chi connectivity index (χ2v) is 7.70. The SMILES string of the molecule is Cn1ncc2c(N3CCN(c4nc5c(cnn5-c5ccccc5)c(=O)[nH]4)CC3)ncnc21. The number of para-hydroxylation sites is 1. The smallest absolute Gasteiger partial charge is 0.263 e. The minimum Gasteiger partial charge on any atom is -0.352 e. The van der Waals surface area contributed by atoms with Gasteiger partial charge in [0.15, 0.2) is 11.3 Å². The molecule has 1 saturated heterocycles. The van der Waals surface area contributed by atoms with Crippen LogP contribution in [0.25, 0.3) is 27.8 Å². The molecular weight excluding hydrogens is 408 g/mol. The first-order valence-corrected chi connectivity index (χ1v) is 10.3. The average molecular weight is 428 g/mol. The highest BCUT2D eigenvalue weighted by Gasteiger charge is 2.23. The number of benzene rings is 1. The van der Waals surface area contributed by atoms with Crippen molar-refractivity contribution in [3.05, 3.63) is 59.4 Å². The lowest BCUT2D eigenvalue weighted by Gasteiger charge is -2.35. The summed E-state index contributed by atoms with van der Waals surface area (Å²) >= 11 is 0. The van der Waals surface area contributed by atoms with E-state index in [4.69, 9.17) is 4.98 Å². The topological polar surface area (TPSA) is 114 Å². The van der Waals surface area contributed by atoms with Crippen LogP contribution < -0.4 is 15.4 Å². The summed E-state index contributed by atoms with van der Waals surface area (Å²) in [6, 6.07) is 9.69. The van der Waals surface area contributed by atoms with Gasteiger partial charge in [0.05, 0.1) is 23.5 Å². The Morgan fingerprint density at radius 3 is 2.44 bits per heavy atom. The number of nitrogens with one attached hydrogen (secondary N) is 1. The van der Waals surface area contributed by atoms with E-state index in [1.807, 2.05) is 37.4 Å². The zero-order valence-electron chi connectivity index (χ0n) is 17.4. The number of hydrogen-bond acceptors (Lipinski definition) is 8. The van der Waals surface area contributed by atoms with E-state index in [-0.39, 0.29) is 5.56 Å². The van der Waals surface area contributed by atoms with Crippen molar-refractivity contribution in [1.82, 2.24) is 39.5 Å². The van der Waals surface area contributed by atoms with Gasteiger partial charge in [0.25, 0.3) is 5.56 Å². The number of aryl methyl sites for hydroxylation is 1. The molecule has 0 saturated carbocycles. The standard InChI is InChI=1S/C21H20N10O/c1-28-17-15(11-24-28)18(23-13-22-17)29-7-9-30(10-8-29)21-26-19-16(20(32)27-21)12-25-31(19)14-5-3-2-4-6-14/h2-6,11-13H,7-10H2,1H3,(H,26,27,32). The molecule has 5 aromatic rings. The molecule has 1 aliphatic heterocycles. The van der Waals surface area contributed by atoms with Crippen LogP contribution in [0.5, 0.6) is 0 Å². The van der Waals surface area contributed by atoms with Crippen molar-refractivity contribution in [3.63, 3.8) is 0 Å². The van der Waals surface area contributed by atoms with Crippen molar-refractivity contribution in [2.75, 3.05) is 36.0 Å². The molecule has 0 amide bonds. The van der Waals surface area contributed by atoms with Gasteiger partial charge in [-0.15, -0.1) is 0 Å². The Kier molecular flexibility index (Phi) is 4.13. The van der Waals surface area contributed by atoms with E-state index in [0.29, 0.717) is 30.1 Å². The van der Waals surface area contributed by atoms with Gasteiger partial charge in [-0.1, -0.05) is 18.2 Å². The molecule has 0 radical (unpaired) electrons. The van der Waals surface area contributed by atoms with Gasteiger partial charge in [-0.05, 0) is 12.1 Å². The first-order chi connectivity index (χ1) is 15.7. The zero-order valence-corrected chi connectivity index (χ0v) is 17.4. The molecule has 32 heavy (non-hydrogen) atoms. The molecule has 0 bridgehead atoms. The van der Waals surface area contributed by atoms with Crippen LogP contribution in [-0.2, 0) is 7.05 Å². The van der Waals surface area contributed by atoms with Crippen LogP contribution in [0, 0.1) is 0 Å².